The summed E-state index contributed by atoms with van der Waals surface area (Å²) in [6.45, 7) is 0.415. The van der Waals surface area contributed by atoms with E-state index in [-0.39, 0.29) is 5.03 Å². The molecule has 1 aliphatic carbocycles. The van der Waals surface area contributed by atoms with Gasteiger partial charge in [0, 0.05) is 26.0 Å². The second kappa shape index (κ2) is 4.95. The molecule has 0 aromatic carbocycles. The number of nitrogens with one attached hydrogen (secondary N) is 1. The van der Waals surface area contributed by atoms with Gasteiger partial charge in [0.15, 0.2) is 0 Å². The van der Waals surface area contributed by atoms with Crippen LogP contribution in [0.25, 0.3) is 0 Å². The standard InChI is InChI=1S/C12H15N5O2S/c1-17-8-12(15-16-17)20(18,19)14-7-10-5-11(10)9-3-2-4-13-6-9/h2-4,6,8,10-11,14H,5,7H2,1H3/t10-,11-/m0/s1. The van der Waals surface area contributed by atoms with Crippen LogP contribution < -0.4 is 4.72 Å². The fraction of sp³-hybridized carbons (Fsp3) is 0.417. The normalized spacial score (nSPS) is 21.9. The zero-order valence-corrected chi connectivity index (χ0v) is 11.8. The fourth-order valence-corrected chi connectivity index (χ4v) is 3.23. The minimum absolute atomic E-state index is 0.0430. The molecule has 0 radical (unpaired) electrons. The fourth-order valence-electron chi connectivity index (χ4n) is 2.22. The molecule has 2 aromatic rings. The van der Waals surface area contributed by atoms with Crippen molar-refractivity contribution in [2.24, 2.45) is 13.0 Å². The molecule has 1 saturated carbocycles. The highest BCUT2D eigenvalue weighted by atomic mass is 32.2. The number of aryl methyl sites for hydroxylation is 1. The summed E-state index contributed by atoms with van der Waals surface area (Å²) < 4.78 is 27.9. The van der Waals surface area contributed by atoms with Crippen LogP contribution in [0.15, 0.2) is 35.7 Å². The van der Waals surface area contributed by atoms with Gasteiger partial charge in [-0.15, -0.1) is 5.10 Å². The average molecular weight is 293 g/mol. The SMILES string of the molecule is Cn1cc(S(=O)(=O)NC[C@@H]2C[C@H]2c2cccnc2)nn1. The Labute approximate surface area is 117 Å². The Morgan fingerprint density at radius 1 is 1.50 bits per heavy atom. The van der Waals surface area contributed by atoms with E-state index in [1.807, 2.05) is 18.3 Å². The number of aromatic nitrogens is 4. The maximum absolute atomic E-state index is 12.0. The highest BCUT2D eigenvalue weighted by Gasteiger charge is 2.39. The molecule has 0 bridgehead atoms. The molecule has 1 aliphatic rings. The lowest BCUT2D eigenvalue weighted by molar-refractivity contribution is 0.572. The molecule has 106 valence electrons. The first-order chi connectivity index (χ1) is 9.56. The summed E-state index contributed by atoms with van der Waals surface area (Å²) in [5.41, 5.74) is 1.16. The Bertz CT molecular complexity index is 698. The third kappa shape index (κ3) is 2.70. The van der Waals surface area contributed by atoms with Gasteiger partial charge in [-0.3, -0.25) is 9.67 Å². The van der Waals surface area contributed by atoms with Gasteiger partial charge in [0.1, 0.15) is 0 Å². The van der Waals surface area contributed by atoms with Crippen LogP contribution in [0.2, 0.25) is 0 Å². The van der Waals surface area contributed by atoms with Crippen LogP contribution in [0.3, 0.4) is 0 Å². The van der Waals surface area contributed by atoms with Crippen molar-refractivity contribution in [3.63, 3.8) is 0 Å². The molecular weight excluding hydrogens is 278 g/mol. The molecule has 1 N–H and O–H groups in total. The van der Waals surface area contributed by atoms with Crippen molar-refractivity contribution in [1.29, 1.82) is 0 Å². The quantitative estimate of drug-likeness (QED) is 0.856. The summed E-state index contributed by atoms with van der Waals surface area (Å²) in [5, 5.41) is 7.20. The second-order valence-corrected chi connectivity index (χ2v) is 6.68. The van der Waals surface area contributed by atoms with E-state index < -0.39 is 10.0 Å². The Morgan fingerprint density at radius 2 is 2.35 bits per heavy atom. The summed E-state index contributed by atoms with van der Waals surface area (Å²) >= 11 is 0. The van der Waals surface area contributed by atoms with Crippen molar-refractivity contribution < 1.29 is 8.42 Å². The predicted molar refractivity (Wildman–Crippen MR) is 71.3 cm³/mol. The van der Waals surface area contributed by atoms with E-state index in [1.165, 1.54) is 10.9 Å². The van der Waals surface area contributed by atoms with Gasteiger partial charge in [-0.1, -0.05) is 11.3 Å². The van der Waals surface area contributed by atoms with Crippen LogP contribution in [-0.2, 0) is 17.1 Å². The number of rotatable bonds is 5. The largest absolute Gasteiger partial charge is 0.264 e. The molecule has 1 fully saturated rings. The van der Waals surface area contributed by atoms with E-state index >= 15 is 0 Å². The molecule has 0 amide bonds. The molecule has 0 unspecified atom stereocenters. The van der Waals surface area contributed by atoms with Crippen LogP contribution in [0.5, 0.6) is 0 Å². The highest BCUT2D eigenvalue weighted by molar-refractivity contribution is 7.89. The summed E-state index contributed by atoms with van der Waals surface area (Å²) in [7, 11) is -1.93. The van der Waals surface area contributed by atoms with Crippen LogP contribution in [0.4, 0.5) is 0 Å². The summed E-state index contributed by atoms with van der Waals surface area (Å²) in [6, 6.07) is 3.92. The molecular formula is C12H15N5O2S. The van der Waals surface area contributed by atoms with Gasteiger partial charge in [-0.05, 0) is 29.9 Å². The molecule has 3 rings (SSSR count). The lowest BCUT2D eigenvalue weighted by Crippen LogP contribution is -2.26. The maximum atomic E-state index is 12.0. The zero-order chi connectivity index (χ0) is 14.2. The number of pyridine rings is 1. The van der Waals surface area contributed by atoms with Crippen molar-refractivity contribution in [2.75, 3.05) is 6.54 Å². The van der Waals surface area contributed by atoms with E-state index in [1.54, 1.807) is 13.2 Å². The van der Waals surface area contributed by atoms with Gasteiger partial charge in [-0.25, -0.2) is 13.1 Å². The van der Waals surface area contributed by atoms with Crippen molar-refractivity contribution >= 4 is 10.0 Å². The Kier molecular flexibility index (Phi) is 3.27. The minimum atomic E-state index is -3.56. The topological polar surface area (TPSA) is 89.8 Å². The molecule has 0 saturated heterocycles. The van der Waals surface area contributed by atoms with Crippen LogP contribution in [0, 0.1) is 5.92 Å². The van der Waals surface area contributed by atoms with E-state index in [9.17, 15) is 8.42 Å². The predicted octanol–water partition coefficient (Wildman–Crippen LogP) is 0.292. The van der Waals surface area contributed by atoms with E-state index in [4.69, 9.17) is 0 Å². The van der Waals surface area contributed by atoms with Crippen molar-refractivity contribution in [3.8, 4) is 0 Å². The molecule has 8 heteroatoms. The van der Waals surface area contributed by atoms with E-state index in [0.29, 0.717) is 18.4 Å². The summed E-state index contributed by atoms with van der Waals surface area (Å²) in [4.78, 5) is 4.08. The second-order valence-electron chi connectivity index (χ2n) is 4.97. The number of hydrogen-bond donors (Lipinski definition) is 1. The lowest BCUT2D eigenvalue weighted by Gasteiger charge is -2.03. The van der Waals surface area contributed by atoms with Gasteiger partial charge in [0.2, 0.25) is 5.03 Å². The number of sulfonamides is 1. The van der Waals surface area contributed by atoms with Gasteiger partial charge in [0.05, 0.1) is 6.20 Å². The smallest absolute Gasteiger partial charge is 0.261 e. The maximum Gasteiger partial charge on any atom is 0.261 e. The van der Waals surface area contributed by atoms with Crippen molar-refractivity contribution in [3.05, 3.63) is 36.3 Å². The monoisotopic (exact) mass is 293 g/mol. The molecule has 2 heterocycles. The first-order valence-corrected chi connectivity index (χ1v) is 7.80. The average Bonchev–Trinajstić information content (AvgIpc) is 3.10. The Morgan fingerprint density at radius 3 is 3.00 bits per heavy atom. The molecule has 2 aromatic heterocycles. The van der Waals surface area contributed by atoms with E-state index in [0.717, 1.165) is 12.0 Å². The van der Waals surface area contributed by atoms with Gasteiger partial charge < -0.3 is 0 Å². The number of hydrogen-bond acceptors (Lipinski definition) is 5. The first-order valence-electron chi connectivity index (χ1n) is 6.32. The minimum Gasteiger partial charge on any atom is -0.264 e. The summed E-state index contributed by atoms with van der Waals surface area (Å²) in [6.07, 6.45) is 5.93. The third-order valence-corrected chi connectivity index (χ3v) is 4.71. The van der Waals surface area contributed by atoms with Gasteiger partial charge >= 0.3 is 0 Å². The molecule has 20 heavy (non-hydrogen) atoms. The molecule has 7 nitrogen and oxygen atoms in total. The van der Waals surface area contributed by atoms with Crippen LogP contribution >= 0.6 is 0 Å². The van der Waals surface area contributed by atoms with Crippen molar-refractivity contribution in [1.82, 2.24) is 24.7 Å². The van der Waals surface area contributed by atoms with Gasteiger partial charge in [0.25, 0.3) is 10.0 Å². The third-order valence-electron chi connectivity index (χ3n) is 3.43. The number of nitrogens with zero attached hydrogens (tertiary/aromatic N) is 4. The van der Waals surface area contributed by atoms with Crippen LogP contribution in [0.1, 0.15) is 17.9 Å². The molecule has 2 atom stereocenters. The Hall–Kier alpha value is -1.80. The lowest BCUT2D eigenvalue weighted by atomic mass is 10.1. The van der Waals surface area contributed by atoms with Crippen LogP contribution in [-0.4, -0.2) is 34.9 Å². The molecule has 0 spiro atoms. The first kappa shape index (κ1) is 13.2. The van der Waals surface area contributed by atoms with Gasteiger partial charge in [-0.2, -0.15) is 0 Å². The zero-order valence-electron chi connectivity index (χ0n) is 11.0. The van der Waals surface area contributed by atoms with E-state index in [2.05, 4.69) is 20.0 Å². The highest BCUT2D eigenvalue weighted by Crippen LogP contribution is 2.46. The van der Waals surface area contributed by atoms with Crippen molar-refractivity contribution in [2.45, 2.75) is 17.4 Å². The molecule has 0 aliphatic heterocycles. The Balaban J connectivity index is 1.59. The summed E-state index contributed by atoms with van der Waals surface area (Å²) in [5.74, 6) is 0.721.